The molecule has 0 heterocycles. The zero-order valence-electron chi connectivity index (χ0n) is 11.4. The van der Waals surface area contributed by atoms with Gasteiger partial charge in [-0.3, -0.25) is 4.79 Å². The number of anilines is 3. The number of carbonyl (C=O) groups excluding carboxylic acids is 1. The first-order chi connectivity index (χ1) is 10.0. The molecule has 0 radical (unpaired) electrons. The number of carbonyl (C=O) groups is 1. The van der Waals surface area contributed by atoms with Crippen molar-refractivity contribution in [2.75, 3.05) is 17.6 Å². The molecular weight excluding hydrogens is 293 g/mol. The largest absolute Gasteiger partial charge is 0.397 e. The molecule has 0 aliphatic rings. The van der Waals surface area contributed by atoms with E-state index in [1.165, 1.54) is 12.1 Å². The number of nitrogens with one attached hydrogen (secondary N) is 2. The molecule has 0 aliphatic carbocycles. The standard InChI is InChI=1S/C15H15ClFN3O/c1-2-19-15(21)9-6-7-12(18)13(8-9)20-14-10(16)4-3-5-11(14)17/h3-8,20H,2,18H2,1H3,(H,19,21). The number of nitrogen functional groups attached to an aromatic ring is 1. The van der Waals surface area contributed by atoms with Gasteiger partial charge in [-0.2, -0.15) is 0 Å². The van der Waals surface area contributed by atoms with Crippen LogP contribution in [-0.2, 0) is 0 Å². The van der Waals surface area contributed by atoms with Crippen LogP contribution in [-0.4, -0.2) is 12.5 Å². The number of amides is 1. The molecule has 0 aliphatic heterocycles. The first-order valence-electron chi connectivity index (χ1n) is 6.41. The molecule has 0 bridgehead atoms. The Bertz CT molecular complexity index is 656. The van der Waals surface area contributed by atoms with E-state index in [9.17, 15) is 9.18 Å². The minimum absolute atomic E-state index is 0.124. The van der Waals surface area contributed by atoms with Crippen molar-refractivity contribution in [3.8, 4) is 0 Å². The minimum Gasteiger partial charge on any atom is -0.397 e. The van der Waals surface area contributed by atoms with Crippen LogP contribution < -0.4 is 16.4 Å². The number of hydrogen-bond donors (Lipinski definition) is 3. The molecule has 0 unspecified atom stereocenters. The lowest BCUT2D eigenvalue weighted by molar-refractivity contribution is 0.0956. The van der Waals surface area contributed by atoms with Crippen molar-refractivity contribution in [3.63, 3.8) is 0 Å². The van der Waals surface area contributed by atoms with Crippen LogP contribution in [0.1, 0.15) is 17.3 Å². The van der Waals surface area contributed by atoms with Gasteiger partial charge in [0.05, 0.1) is 22.1 Å². The van der Waals surface area contributed by atoms with E-state index < -0.39 is 5.82 Å². The Morgan fingerprint density at radius 1 is 1.33 bits per heavy atom. The predicted octanol–water partition coefficient (Wildman–Crippen LogP) is 3.55. The van der Waals surface area contributed by atoms with E-state index in [1.807, 2.05) is 6.92 Å². The Kier molecular flexibility index (Phi) is 4.65. The number of nitrogens with two attached hydrogens (primary N) is 1. The molecule has 0 atom stereocenters. The summed E-state index contributed by atoms with van der Waals surface area (Å²) in [5.41, 5.74) is 7.22. The van der Waals surface area contributed by atoms with Crippen molar-refractivity contribution in [1.29, 1.82) is 0 Å². The molecule has 0 fully saturated rings. The third-order valence-electron chi connectivity index (χ3n) is 2.88. The number of para-hydroxylation sites is 1. The summed E-state index contributed by atoms with van der Waals surface area (Å²) in [6.07, 6.45) is 0. The lowest BCUT2D eigenvalue weighted by Crippen LogP contribution is -2.22. The first-order valence-corrected chi connectivity index (χ1v) is 6.79. The summed E-state index contributed by atoms with van der Waals surface area (Å²) in [4.78, 5) is 11.8. The van der Waals surface area contributed by atoms with Gasteiger partial charge in [-0.25, -0.2) is 4.39 Å². The zero-order valence-corrected chi connectivity index (χ0v) is 12.2. The van der Waals surface area contributed by atoms with E-state index in [1.54, 1.807) is 24.3 Å². The van der Waals surface area contributed by atoms with Gasteiger partial charge in [-0.05, 0) is 37.3 Å². The molecule has 0 aromatic heterocycles. The van der Waals surface area contributed by atoms with Gasteiger partial charge < -0.3 is 16.4 Å². The molecule has 110 valence electrons. The molecule has 2 aromatic rings. The van der Waals surface area contributed by atoms with E-state index in [0.29, 0.717) is 23.5 Å². The highest BCUT2D eigenvalue weighted by Gasteiger charge is 2.11. The van der Waals surface area contributed by atoms with Gasteiger partial charge >= 0.3 is 0 Å². The van der Waals surface area contributed by atoms with Crippen LogP contribution in [0.25, 0.3) is 0 Å². The summed E-state index contributed by atoms with van der Waals surface area (Å²) in [5.74, 6) is -0.717. The molecule has 2 aromatic carbocycles. The van der Waals surface area contributed by atoms with Crippen molar-refractivity contribution in [2.45, 2.75) is 6.92 Å². The van der Waals surface area contributed by atoms with Crippen LogP contribution >= 0.6 is 11.6 Å². The van der Waals surface area contributed by atoms with Gasteiger partial charge in [-0.15, -0.1) is 0 Å². The Balaban J connectivity index is 2.35. The van der Waals surface area contributed by atoms with Crippen molar-refractivity contribution in [1.82, 2.24) is 5.32 Å². The molecule has 0 saturated heterocycles. The highest BCUT2D eigenvalue weighted by Crippen LogP contribution is 2.31. The van der Waals surface area contributed by atoms with Gasteiger partial charge in [0, 0.05) is 12.1 Å². The van der Waals surface area contributed by atoms with Crippen molar-refractivity contribution in [2.24, 2.45) is 0 Å². The fraction of sp³-hybridized carbons (Fsp3) is 0.133. The second-order valence-electron chi connectivity index (χ2n) is 4.38. The van der Waals surface area contributed by atoms with Crippen molar-refractivity contribution in [3.05, 3.63) is 52.8 Å². The third kappa shape index (κ3) is 3.44. The lowest BCUT2D eigenvalue weighted by atomic mass is 10.1. The van der Waals surface area contributed by atoms with Gasteiger partial charge in [0.2, 0.25) is 0 Å². The van der Waals surface area contributed by atoms with Crippen molar-refractivity contribution < 1.29 is 9.18 Å². The number of hydrogen-bond acceptors (Lipinski definition) is 3. The Hall–Kier alpha value is -2.27. The molecule has 0 saturated carbocycles. The zero-order chi connectivity index (χ0) is 15.4. The molecule has 0 spiro atoms. The summed E-state index contributed by atoms with van der Waals surface area (Å²) >= 11 is 5.96. The maximum Gasteiger partial charge on any atom is 0.251 e. The molecule has 4 N–H and O–H groups in total. The molecule has 6 heteroatoms. The van der Waals surface area contributed by atoms with Gasteiger partial charge in [-0.1, -0.05) is 17.7 Å². The SMILES string of the molecule is CCNC(=O)c1ccc(N)c(Nc2c(F)cccc2Cl)c1. The second-order valence-corrected chi connectivity index (χ2v) is 4.79. The van der Waals surface area contributed by atoms with E-state index >= 15 is 0 Å². The predicted molar refractivity (Wildman–Crippen MR) is 83.6 cm³/mol. The van der Waals surface area contributed by atoms with E-state index in [-0.39, 0.29) is 16.6 Å². The minimum atomic E-state index is -0.495. The van der Waals surface area contributed by atoms with E-state index in [2.05, 4.69) is 10.6 Å². The fourth-order valence-electron chi connectivity index (χ4n) is 1.82. The monoisotopic (exact) mass is 307 g/mol. The van der Waals surface area contributed by atoms with Crippen molar-refractivity contribution >= 4 is 34.6 Å². The quantitative estimate of drug-likeness (QED) is 0.757. The third-order valence-corrected chi connectivity index (χ3v) is 3.19. The lowest BCUT2D eigenvalue weighted by Gasteiger charge is -2.13. The molecule has 21 heavy (non-hydrogen) atoms. The Labute approximate surface area is 127 Å². The van der Waals surface area contributed by atoms with Crippen LogP contribution in [0.3, 0.4) is 0 Å². The maximum absolute atomic E-state index is 13.8. The first kappa shape index (κ1) is 15.1. The Morgan fingerprint density at radius 2 is 2.10 bits per heavy atom. The second kappa shape index (κ2) is 6.45. The Morgan fingerprint density at radius 3 is 2.76 bits per heavy atom. The molecule has 2 rings (SSSR count). The van der Waals surface area contributed by atoms with Crippen LogP contribution in [0.15, 0.2) is 36.4 Å². The number of benzene rings is 2. The summed E-state index contributed by atoms with van der Waals surface area (Å²) < 4.78 is 13.8. The summed E-state index contributed by atoms with van der Waals surface area (Å²) in [6, 6.07) is 9.12. The van der Waals surface area contributed by atoms with Crippen LogP contribution in [0, 0.1) is 5.82 Å². The average Bonchev–Trinajstić information content (AvgIpc) is 2.45. The summed E-state index contributed by atoms with van der Waals surface area (Å²) in [7, 11) is 0. The summed E-state index contributed by atoms with van der Waals surface area (Å²) in [5, 5.41) is 5.76. The smallest absolute Gasteiger partial charge is 0.251 e. The molecule has 1 amide bonds. The molecular formula is C15H15ClFN3O. The fourth-order valence-corrected chi connectivity index (χ4v) is 2.03. The van der Waals surface area contributed by atoms with E-state index in [4.69, 9.17) is 17.3 Å². The highest BCUT2D eigenvalue weighted by atomic mass is 35.5. The normalized spacial score (nSPS) is 10.2. The van der Waals surface area contributed by atoms with Crippen LogP contribution in [0.2, 0.25) is 5.02 Å². The van der Waals surface area contributed by atoms with Gasteiger partial charge in [0.15, 0.2) is 0 Å². The van der Waals surface area contributed by atoms with E-state index in [0.717, 1.165) is 0 Å². The highest BCUT2D eigenvalue weighted by molar-refractivity contribution is 6.33. The number of halogens is 2. The van der Waals surface area contributed by atoms with Crippen LogP contribution in [0.5, 0.6) is 0 Å². The average molecular weight is 308 g/mol. The summed E-state index contributed by atoms with van der Waals surface area (Å²) in [6.45, 7) is 2.35. The number of rotatable bonds is 4. The molecule has 4 nitrogen and oxygen atoms in total. The maximum atomic E-state index is 13.8. The van der Waals surface area contributed by atoms with Gasteiger partial charge in [0.25, 0.3) is 5.91 Å². The van der Waals surface area contributed by atoms with Gasteiger partial charge in [0.1, 0.15) is 5.82 Å². The van der Waals surface area contributed by atoms with Crippen LogP contribution in [0.4, 0.5) is 21.5 Å². The topological polar surface area (TPSA) is 67.2 Å².